The summed E-state index contributed by atoms with van der Waals surface area (Å²) in [7, 11) is -8.46. The minimum Gasteiger partial charge on any atom is -0.505 e. The monoisotopic (exact) mass is 579 g/mol. The van der Waals surface area contributed by atoms with Gasteiger partial charge in [0.25, 0.3) is 5.91 Å². The van der Waals surface area contributed by atoms with E-state index in [9.17, 15) is 34.1 Å². The number of halogens is 5. The number of nitrogens with one attached hydrogen (secondary N) is 1. The largest absolute Gasteiger partial charge is 0.505 e. The van der Waals surface area contributed by atoms with Crippen molar-refractivity contribution in [2.24, 2.45) is 0 Å². The number of benzene rings is 2. The summed E-state index contributed by atoms with van der Waals surface area (Å²) in [6.07, 6.45) is 0.420. The van der Waals surface area contributed by atoms with Crippen LogP contribution in [-0.4, -0.2) is 36.1 Å². The lowest BCUT2D eigenvalue weighted by Gasteiger charge is -2.41. The third kappa shape index (κ3) is 5.82. The van der Waals surface area contributed by atoms with Gasteiger partial charge in [-0.2, -0.15) is 0 Å². The Morgan fingerprint density at radius 2 is 1.82 bits per heavy atom. The zero-order valence-electron chi connectivity index (χ0n) is 21.2. The fourth-order valence-corrected chi connectivity index (χ4v) is 5.09. The second kappa shape index (κ2) is 8.83. The van der Waals surface area contributed by atoms with Crippen molar-refractivity contribution in [1.29, 1.82) is 0 Å². The van der Waals surface area contributed by atoms with Crippen LogP contribution in [-0.2, 0) is 9.47 Å². The van der Waals surface area contributed by atoms with E-state index in [-0.39, 0.29) is 29.2 Å². The van der Waals surface area contributed by atoms with Crippen LogP contribution in [0.5, 0.6) is 11.5 Å². The number of fused-ring (bicyclic) bond motifs is 1. The van der Waals surface area contributed by atoms with Crippen molar-refractivity contribution < 1.29 is 48.0 Å². The highest BCUT2D eigenvalue weighted by atomic mass is 32.5. The Kier molecular flexibility index (Phi) is 6.48. The van der Waals surface area contributed by atoms with E-state index >= 15 is 0 Å². The SMILES string of the molecule is CO[C@@H]1CC[C@H](Oc2ccc3c(O)c(NC(=O)c4cccc(S(F)(F)(F)(F)F)c4)c(=O)oc3c2C)OC1(C)C. The summed E-state index contributed by atoms with van der Waals surface area (Å²) in [6, 6.07) is 4.42. The molecule has 0 bridgehead atoms. The maximum atomic E-state index is 13.2. The van der Waals surface area contributed by atoms with E-state index in [4.69, 9.17) is 18.6 Å². The van der Waals surface area contributed by atoms with E-state index in [0.29, 0.717) is 30.2 Å². The normalized spacial score (nSPS) is 21.2. The first kappa shape index (κ1) is 28.6. The predicted octanol–water partition coefficient (Wildman–Crippen LogP) is 7.03. The highest BCUT2D eigenvalue weighted by Crippen LogP contribution is 3.02. The molecule has 1 aliphatic rings. The summed E-state index contributed by atoms with van der Waals surface area (Å²) in [4.78, 5) is 22.9. The van der Waals surface area contributed by atoms with Gasteiger partial charge in [0, 0.05) is 24.7 Å². The van der Waals surface area contributed by atoms with Gasteiger partial charge in [-0.1, -0.05) is 25.5 Å². The smallest absolute Gasteiger partial charge is 0.364 e. The summed E-state index contributed by atoms with van der Waals surface area (Å²) in [5.41, 5.74) is -3.18. The van der Waals surface area contributed by atoms with Crippen LogP contribution < -0.4 is 15.7 Å². The Labute approximate surface area is 219 Å². The van der Waals surface area contributed by atoms with Crippen LogP contribution in [0.2, 0.25) is 0 Å². The molecule has 2 heterocycles. The molecule has 1 amide bonds. The number of ether oxygens (including phenoxy) is 3. The maximum Gasteiger partial charge on any atom is 0.364 e. The third-order valence-corrected chi connectivity index (χ3v) is 7.59. The maximum absolute atomic E-state index is 13.2. The molecule has 8 nitrogen and oxygen atoms in total. The number of methoxy groups -OCH3 is 1. The Balaban J connectivity index is 1.62. The quantitative estimate of drug-likeness (QED) is 0.239. The fraction of sp³-hybridized carbons (Fsp3) is 0.360. The van der Waals surface area contributed by atoms with Gasteiger partial charge in [0.05, 0.1) is 17.1 Å². The van der Waals surface area contributed by atoms with Crippen LogP contribution in [0.15, 0.2) is 50.5 Å². The van der Waals surface area contributed by atoms with E-state index in [1.165, 1.54) is 12.1 Å². The lowest BCUT2D eigenvalue weighted by atomic mass is 9.94. The van der Waals surface area contributed by atoms with Gasteiger partial charge < -0.3 is 29.1 Å². The van der Waals surface area contributed by atoms with Crippen molar-refractivity contribution in [1.82, 2.24) is 0 Å². The second-order valence-corrected chi connectivity index (χ2v) is 12.1. The van der Waals surface area contributed by atoms with Crippen LogP contribution in [0.4, 0.5) is 25.1 Å². The number of anilines is 1. The molecule has 0 aliphatic carbocycles. The van der Waals surface area contributed by atoms with Gasteiger partial charge in [0.1, 0.15) is 16.2 Å². The molecule has 1 saturated heterocycles. The average molecular weight is 580 g/mol. The topological polar surface area (TPSA) is 107 Å². The number of carbonyl (C=O) groups is 1. The zero-order valence-corrected chi connectivity index (χ0v) is 22.0. The van der Waals surface area contributed by atoms with Crippen molar-refractivity contribution in [2.75, 3.05) is 12.4 Å². The van der Waals surface area contributed by atoms with Crippen LogP contribution >= 0.6 is 10.2 Å². The summed E-state index contributed by atoms with van der Waals surface area (Å²) in [6.45, 7) is 5.29. The van der Waals surface area contributed by atoms with Crippen molar-refractivity contribution >= 4 is 32.8 Å². The molecule has 4 rings (SSSR count). The lowest BCUT2D eigenvalue weighted by Crippen LogP contribution is -2.49. The highest BCUT2D eigenvalue weighted by molar-refractivity contribution is 8.45. The molecule has 0 spiro atoms. The molecule has 39 heavy (non-hydrogen) atoms. The van der Waals surface area contributed by atoms with E-state index in [0.717, 1.165) is 6.07 Å². The van der Waals surface area contributed by atoms with Crippen LogP contribution in [0.1, 0.15) is 42.6 Å². The summed E-state index contributed by atoms with van der Waals surface area (Å²) >= 11 is 0. The zero-order chi connectivity index (χ0) is 29.0. The highest BCUT2D eigenvalue weighted by Gasteiger charge is 2.65. The first-order chi connectivity index (χ1) is 17.8. The Bertz CT molecular complexity index is 1520. The minimum absolute atomic E-state index is 0.0140. The van der Waals surface area contributed by atoms with E-state index in [1.807, 2.05) is 19.2 Å². The summed E-state index contributed by atoms with van der Waals surface area (Å²) < 4.78 is 88.4. The molecule has 3 aromatic rings. The average Bonchev–Trinajstić information content (AvgIpc) is 2.82. The Hall–Kier alpha value is -3.36. The van der Waals surface area contributed by atoms with Crippen LogP contribution in [0, 0.1) is 6.92 Å². The van der Waals surface area contributed by atoms with Crippen molar-refractivity contribution in [3.05, 3.63) is 57.9 Å². The molecule has 1 fully saturated rings. The van der Waals surface area contributed by atoms with Gasteiger partial charge >= 0.3 is 15.8 Å². The Morgan fingerprint density at radius 1 is 1.13 bits per heavy atom. The van der Waals surface area contributed by atoms with Gasteiger partial charge in [-0.15, -0.1) is 0 Å². The van der Waals surface area contributed by atoms with E-state index < -0.39 is 55.5 Å². The predicted molar refractivity (Wildman–Crippen MR) is 134 cm³/mol. The molecule has 214 valence electrons. The molecule has 2 atom stereocenters. The minimum atomic E-state index is -10.1. The van der Waals surface area contributed by atoms with Crippen molar-refractivity contribution in [2.45, 2.75) is 56.5 Å². The summed E-state index contributed by atoms with van der Waals surface area (Å²) in [5.74, 6) is -1.78. The van der Waals surface area contributed by atoms with Gasteiger partial charge in [0.15, 0.2) is 11.4 Å². The number of rotatable bonds is 6. The van der Waals surface area contributed by atoms with Gasteiger partial charge in [0.2, 0.25) is 6.29 Å². The van der Waals surface area contributed by atoms with Crippen molar-refractivity contribution in [3.63, 3.8) is 0 Å². The molecule has 0 radical (unpaired) electrons. The number of hydrogen-bond donors (Lipinski definition) is 2. The lowest BCUT2D eigenvalue weighted by molar-refractivity contribution is -0.233. The molecule has 1 aromatic heterocycles. The molecule has 0 unspecified atom stereocenters. The molecule has 14 heteroatoms. The van der Waals surface area contributed by atoms with Crippen molar-refractivity contribution in [3.8, 4) is 11.5 Å². The molecule has 0 saturated carbocycles. The molecule has 2 aromatic carbocycles. The first-order valence-electron chi connectivity index (χ1n) is 11.6. The van der Waals surface area contributed by atoms with Crippen LogP contribution in [0.3, 0.4) is 0 Å². The van der Waals surface area contributed by atoms with Crippen LogP contribution in [0.25, 0.3) is 11.0 Å². The standard InChI is InChI=1S/C25H26F5NO7S/c1-13-17(36-19-11-10-18(35-4)25(2,3)38-19)9-8-16-21(32)20(24(34)37-22(13)16)31-23(33)14-6-5-7-15(12-14)39(26,27,28,29)30/h5-9,12,18-19,32H,10-11H2,1-4H3,(H,31,33)/t18-,19-/m1/s1. The van der Waals surface area contributed by atoms with Gasteiger partial charge in [-0.3, -0.25) is 4.79 Å². The first-order valence-corrected chi connectivity index (χ1v) is 13.6. The number of carbonyl (C=O) groups excluding carboxylic acids is 1. The number of hydrogen-bond acceptors (Lipinski definition) is 7. The molecule has 2 N–H and O–H groups in total. The third-order valence-electron chi connectivity index (χ3n) is 6.45. The fourth-order valence-electron chi connectivity index (χ4n) is 4.40. The Morgan fingerprint density at radius 3 is 2.44 bits per heavy atom. The number of amides is 1. The number of aromatic hydroxyl groups is 1. The van der Waals surface area contributed by atoms with E-state index in [2.05, 4.69) is 0 Å². The summed E-state index contributed by atoms with van der Waals surface area (Å²) in [5, 5.41) is 12.6. The van der Waals surface area contributed by atoms with E-state index in [1.54, 1.807) is 14.0 Å². The molecule has 1 aliphatic heterocycles. The molecular formula is C25H26F5NO7S. The van der Waals surface area contributed by atoms with Gasteiger partial charge in [-0.05, 0) is 57.5 Å². The second-order valence-electron chi connectivity index (χ2n) is 9.70. The molecular weight excluding hydrogens is 553 g/mol. The van der Waals surface area contributed by atoms with Gasteiger partial charge in [-0.25, -0.2) is 4.79 Å². The number of aryl methyl sites for hydroxylation is 1.